The van der Waals surface area contributed by atoms with Gasteiger partial charge in [-0.1, -0.05) is 24.3 Å². The van der Waals surface area contributed by atoms with Gasteiger partial charge in [0.25, 0.3) is 0 Å². The molecule has 1 aromatic carbocycles. The fourth-order valence-corrected chi connectivity index (χ4v) is 2.50. The Morgan fingerprint density at radius 2 is 2.38 bits per heavy atom. The van der Waals surface area contributed by atoms with Gasteiger partial charge >= 0.3 is 0 Å². The fraction of sp³-hybridized carbons (Fsp3) is 0.538. The van der Waals surface area contributed by atoms with Crippen LogP contribution < -0.4 is 0 Å². The van der Waals surface area contributed by atoms with Gasteiger partial charge in [-0.3, -0.25) is 0 Å². The van der Waals surface area contributed by atoms with E-state index < -0.39 is 0 Å². The molecule has 2 nitrogen and oxygen atoms in total. The first-order chi connectivity index (χ1) is 7.85. The number of methoxy groups -OCH3 is 1. The lowest BCUT2D eigenvalue weighted by Gasteiger charge is -2.17. The van der Waals surface area contributed by atoms with E-state index in [-0.39, 0.29) is 6.10 Å². The third-order valence-corrected chi connectivity index (χ3v) is 3.40. The number of rotatable bonds is 4. The number of hydrogen-bond donors (Lipinski definition) is 0. The molecule has 0 spiro atoms. The predicted molar refractivity (Wildman–Crippen MR) is 64.7 cm³/mol. The Kier molecular flexibility index (Phi) is 4.22. The van der Waals surface area contributed by atoms with Gasteiger partial charge in [-0.15, -0.1) is 11.6 Å². The van der Waals surface area contributed by atoms with Crippen molar-refractivity contribution < 1.29 is 9.47 Å². The van der Waals surface area contributed by atoms with Gasteiger partial charge in [0.1, 0.15) is 0 Å². The zero-order valence-electron chi connectivity index (χ0n) is 9.49. The molecule has 1 aliphatic rings. The highest BCUT2D eigenvalue weighted by Crippen LogP contribution is 2.35. The molecule has 0 aromatic heterocycles. The predicted octanol–water partition coefficient (Wildman–Crippen LogP) is 3.15. The minimum absolute atomic E-state index is 0.161. The van der Waals surface area contributed by atoms with Crippen molar-refractivity contribution in [3.63, 3.8) is 0 Å². The molecule has 0 radical (unpaired) electrons. The summed E-state index contributed by atoms with van der Waals surface area (Å²) in [4.78, 5) is 0. The third-order valence-electron chi connectivity index (χ3n) is 3.00. The lowest BCUT2D eigenvalue weighted by atomic mass is 9.96. The van der Waals surface area contributed by atoms with Crippen LogP contribution in [0.15, 0.2) is 24.3 Å². The second kappa shape index (κ2) is 5.67. The molecular formula is C13H17ClO2. The van der Waals surface area contributed by atoms with E-state index in [0.717, 1.165) is 13.0 Å². The first-order valence-electron chi connectivity index (χ1n) is 5.60. The molecule has 16 heavy (non-hydrogen) atoms. The minimum atomic E-state index is 0.161. The van der Waals surface area contributed by atoms with Crippen LogP contribution in [0.2, 0.25) is 0 Å². The minimum Gasteiger partial charge on any atom is -0.380 e. The van der Waals surface area contributed by atoms with Gasteiger partial charge in [0.2, 0.25) is 0 Å². The van der Waals surface area contributed by atoms with Crippen LogP contribution in [0.3, 0.4) is 0 Å². The average molecular weight is 241 g/mol. The molecule has 1 aromatic rings. The number of alkyl halides is 1. The van der Waals surface area contributed by atoms with E-state index in [1.807, 2.05) is 0 Å². The van der Waals surface area contributed by atoms with Crippen molar-refractivity contribution in [2.75, 3.05) is 19.6 Å². The number of halogens is 1. The van der Waals surface area contributed by atoms with Gasteiger partial charge in [0.05, 0.1) is 12.7 Å². The van der Waals surface area contributed by atoms with Crippen LogP contribution in [-0.4, -0.2) is 19.6 Å². The van der Waals surface area contributed by atoms with E-state index >= 15 is 0 Å². The first-order valence-corrected chi connectivity index (χ1v) is 6.14. The summed E-state index contributed by atoms with van der Waals surface area (Å²) in [5.74, 6) is 1.11. The largest absolute Gasteiger partial charge is 0.380 e. The van der Waals surface area contributed by atoms with Gasteiger partial charge in [-0.2, -0.15) is 0 Å². The molecule has 3 heteroatoms. The van der Waals surface area contributed by atoms with Crippen molar-refractivity contribution in [1.82, 2.24) is 0 Å². The van der Waals surface area contributed by atoms with Crippen LogP contribution in [0.25, 0.3) is 0 Å². The van der Waals surface area contributed by atoms with Crippen molar-refractivity contribution in [1.29, 1.82) is 0 Å². The van der Waals surface area contributed by atoms with E-state index in [4.69, 9.17) is 21.1 Å². The number of ether oxygens (including phenoxy) is 2. The van der Waals surface area contributed by atoms with Crippen LogP contribution in [0.5, 0.6) is 0 Å². The van der Waals surface area contributed by atoms with Crippen molar-refractivity contribution >= 4 is 11.6 Å². The topological polar surface area (TPSA) is 18.5 Å². The molecule has 1 fully saturated rings. The van der Waals surface area contributed by atoms with Gasteiger partial charge in [-0.05, 0) is 17.5 Å². The Morgan fingerprint density at radius 3 is 3.12 bits per heavy atom. The summed E-state index contributed by atoms with van der Waals surface area (Å²) in [5.41, 5.74) is 2.40. The normalized spacial score (nSPS) is 24.9. The lowest BCUT2D eigenvalue weighted by Crippen LogP contribution is -2.09. The highest BCUT2D eigenvalue weighted by atomic mass is 35.5. The van der Waals surface area contributed by atoms with Gasteiger partial charge < -0.3 is 9.47 Å². The molecule has 2 rings (SSSR count). The fourth-order valence-electron chi connectivity index (χ4n) is 2.19. The molecule has 0 bridgehead atoms. The first kappa shape index (κ1) is 11.9. The molecule has 0 saturated carbocycles. The van der Waals surface area contributed by atoms with E-state index in [9.17, 15) is 0 Å². The Labute approximate surface area is 102 Å². The molecular weight excluding hydrogens is 224 g/mol. The summed E-state index contributed by atoms with van der Waals surface area (Å²) in [6, 6.07) is 8.38. The molecule has 88 valence electrons. The van der Waals surface area contributed by atoms with Crippen LogP contribution in [-0.2, 0) is 16.1 Å². The van der Waals surface area contributed by atoms with Crippen molar-refractivity contribution in [2.24, 2.45) is 5.92 Å². The average Bonchev–Trinajstić information content (AvgIpc) is 2.78. The van der Waals surface area contributed by atoms with Crippen molar-refractivity contribution in [3.8, 4) is 0 Å². The van der Waals surface area contributed by atoms with E-state index in [2.05, 4.69) is 24.3 Å². The molecule has 1 saturated heterocycles. The maximum atomic E-state index is 5.95. The molecule has 0 aliphatic carbocycles. The van der Waals surface area contributed by atoms with Gasteiger partial charge in [0, 0.05) is 25.5 Å². The molecule has 0 amide bonds. The highest BCUT2D eigenvalue weighted by molar-refractivity contribution is 6.18. The maximum Gasteiger partial charge on any atom is 0.0865 e. The van der Waals surface area contributed by atoms with Crippen LogP contribution in [0.4, 0.5) is 0 Å². The second-order valence-electron chi connectivity index (χ2n) is 4.17. The van der Waals surface area contributed by atoms with Crippen LogP contribution >= 0.6 is 11.6 Å². The lowest BCUT2D eigenvalue weighted by molar-refractivity contribution is 0.0949. The molecule has 2 unspecified atom stereocenters. The van der Waals surface area contributed by atoms with Crippen LogP contribution in [0, 0.1) is 5.92 Å². The summed E-state index contributed by atoms with van der Waals surface area (Å²) in [5, 5.41) is 0. The second-order valence-corrected chi connectivity index (χ2v) is 4.48. The van der Waals surface area contributed by atoms with Crippen molar-refractivity contribution in [2.45, 2.75) is 19.1 Å². The molecule has 0 N–H and O–H groups in total. The zero-order chi connectivity index (χ0) is 11.4. The van der Waals surface area contributed by atoms with Gasteiger partial charge in [-0.25, -0.2) is 0 Å². The third kappa shape index (κ3) is 2.57. The molecule has 2 atom stereocenters. The van der Waals surface area contributed by atoms with Crippen LogP contribution in [0.1, 0.15) is 23.7 Å². The smallest absolute Gasteiger partial charge is 0.0865 e. The number of benzene rings is 1. The zero-order valence-corrected chi connectivity index (χ0v) is 10.2. The highest BCUT2D eigenvalue weighted by Gasteiger charge is 2.28. The van der Waals surface area contributed by atoms with Gasteiger partial charge in [0.15, 0.2) is 0 Å². The molecule has 1 aliphatic heterocycles. The standard InChI is InChI=1S/C13H17ClO2/c1-15-9-10-3-2-4-11(7-10)13-12(8-14)5-6-16-13/h2-4,7,12-13H,5-6,8-9H2,1H3. The summed E-state index contributed by atoms with van der Waals surface area (Å²) in [6.45, 7) is 1.46. The summed E-state index contributed by atoms with van der Waals surface area (Å²) < 4.78 is 10.9. The maximum absolute atomic E-state index is 5.95. The SMILES string of the molecule is COCc1cccc(C2OCCC2CCl)c1. The number of hydrogen-bond acceptors (Lipinski definition) is 2. The van der Waals surface area contributed by atoms with E-state index in [1.54, 1.807) is 7.11 Å². The Balaban J connectivity index is 2.16. The summed E-state index contributed by atoms with van der Waals surface area (Å²) in [7, 11) is 1.71. The van der Waals surface area contributed by atoms with E-state index in [0.29, 0.717) is 18.4 Å². The van der Waals surface area contributed by atoms with E-state index in [1.165, 1.54) is 11.1 Å². The monoisotopic (exact) mass is 240 g/mol. The summed E-state index contributed by atoms with van der Waals surface area (Å²) >= 11 is 5.95. The Morgan fingerprint density at radius 1 is 1.50 bits per heavy atom. The Bertz CT molecular complexity index is 340. The summed E-state index contributed by atoms with van der Waals surface area (Å²) in [6.07, 6.45) is 1.22. The molecule has 1 heterocycles. The van der Waals surface area contributed by atoms with Crippen molar-refractivity contribution in [3.05, 3.63) is 35.4 Å². The Hall–Kier alpha value is -0.570. The quantitative estimate of drug-likeness (QED) is 0.753.